The monoisotopic (exact) mass is 224 g/mol. The van der Waals surface area contributed by atoms with Crippen LogP contribution in [0.25, 0.3) is 0 Å². The maximum Gasteiger partial charge on any atom is 0.107 e. The Morgan fingerprint density at radius 2 is 2.27 bits per heavy atom. The third kappa shape index (κ3) is 4.53. The highest BCUT2D eigenvalue weighted by molar-refractivity contribution is 9.11. The van der Waals surface area contributed by atoms with E-state index in [4.69, 9.17) is 14.9 Å². The average molecular weight is 225 g/mol. The topological polar surface area (TPSA) is 49.7 Å². The minimum atomic E-state index is -0.844. The first kappa shape index (κ1) is 11.1. The van der Waals surface area contributed by atoms with Crippen LogP contribution < -0.4 is 0 Å². The van der Waals surface area contributed by atoms with Gasteiger partial charge in [-0.25, -0.2) is 0 Å². The lowest BCUT2D eigenvalue weighted by Gasteiger charge is -2.16. The first-order valence-electron chi connectivity index (χ1n) is 3.43. The van der Waals surface area contributed by atoms with Crippen LogP contribution in [0.4, 0.5) is 0 Å². The SMILES string of the molecule is CCO[C@H](C=CBr)C(O)CO. The quantitative estimate of drug-likeness (QED) is 0.722. The van der Waals surface area contributed by atoms with Gasteiger partial charge in [0.25, 0.3) is 0 Å². The van der Waals surface area contributed by atoms with E-state index >= 15 is 0 Å². The largest absolute Gasteiger partial charge is 0.394 e. The zero-order valence-corrected chi connectivity index (χ0v) is 7.99. The second kappa shape index (κ2) is 6.79. The highest BCUT2D eigenvalue weighted by atomic mass is 79.9. The van der Waals surface area contributed by atoms with E-state index in [1.165, 1.54) is 0 Å². The molecule has 0 saturated heterocycles. The molecule has 0 aliphatic heterocycles. The number of halogens is 1. The van der Waals surface area contributed by atoms with E-state index in [9.17, 15) is 0 Å². The predicted molar refractivity (Wildman–Crippen MR) is 46.6 cm³/mol. The Kier molecular flexibility index (Phi) is 6.85. The Balaban J connectivity index is 3.86. The summed E-state index contributed by atoms with van der Waals surface area (Å²) in [5, 5.41) is 17.7. The highest BCUT2D eigenvalue weighted by Gasteiger charge is 2.14. The number of ether oxygens (including phenoxy) is 1. The van der Waals surface area contributed by atoms with Crippen LogP contribution in [-0.4, -0.2) is 35.6 Å². The second-order valence-corrected chi connectivity index (χ2v) is 2.52. The van der Waals surface area contributed by atoms with Gasteiger partial charge in [0.05, 0.1) is 6.61 Å². The van der Waals surface area contributed by atoms with E-state index in [1.54, 1.807) is 11.1 Å². The summed E-state index contributed by atoms with van der Waals surface area (Å²) in [5.41, 5.74) is 0. The van der Waals surface area contributed by atoms with E-state index < -0.39 is 12.2 Å². The third-order valence-electron chi connectivity index (χ3n) is 1.19. The van der Waals surface area contributed by atoms with Gasteiger partial charge in [-0.1, -0.05) is 15.9 Å². The highest BCUT2D eigenvalue weighted by Crippen LogP contribution is 2.02. The van der Waals surface area contributed by atoms with Crippen molar-refractivity contribution in [3.8, 4) is 0 Å². The molecule has 0 aliphatic rings. The first-order valence-corrected chi connectivity index (χ1v) is 4.35. The van der Waals surface area contributed by atoms with Gasteiger partial charge in [-0.15, -0.1) is 0 Å². The Bertz CT molecular complexity index is 116. The lowest BCUT2D eigenvalue weighted by Crippen LogP contribution is -2.30. The molecule has 1 unspecified atom stereocenters. The fourth-order valence-corrected chi connectivity index (χ4v) is 0.964. The summed E-state index contributed by atoms with van der Waals surface area (Å²) in [7, 11) is 0. The molecule has 11 heavy (non-hydrogen) atoms. The molecule has 0 aromatic carbocycles. The van der Waals surface area contributed by atoms with Crippen LogP contribution >= 0.6 is 15.9 Å². The predicted octanol–water partition coefficient (Wildman–Crippen LogP) is 0.653. The van der Waals surface area contributed by atoms with Gasteiger partial charge in [0, 0.05) is 6.61 Å². The zero-order valence-electron chi connectivity index (χ0n) is 6.40. The average Bonchev–Trinajstić information content (AvgIpc) is 2.03. The standard InChI is InChI=1S/C7H13BrO3/c1-2-11-7(3-4-8)6(10)5-9/h3-4,6-7,9-10H,2,5H2,1H3/t6?,7-/m1/s1. The van der Waals surface area contributed by atoms with Crippen LogP contribution in [0.1, 0.15) is 6.92 Å². The number of hydrogen-bond acceptors (Lipinski definition) is 3. The molecule has 4 heteroatoms. The van der Waals surface area contributed by atoms with Crippen LogP contribution in [0.15, 0.2) is 11.1 Å². The van der Waals surface area contributed by atoms with Crippen molar-refractivity contribution in [1.82, 2.24) is 0 Å². The lowest BCUT2D eigenvalue weighted by molar-refractivity contribution is -0.0294. The maximum atomic E-state index is 9.13. The van der Waals surface area contributed by atoms with Crippen LogP contribution in [0, 0.1) is 0 Å². The summed E-state index contributed by atoms with van der Waals surface area (Å²) in [6, 6.07) is 0. The van der Waals surface area contributed by atoms with Gasteiger partial charge in [0.1, 0.15) is 12.2 Å². The van der Waals surface area contributed by atoms with E-state index in [0.29, 0.717) is 6.61 Å². The molecule has 66 valence electrons. The Morgan fingerprint density at radius 3 is 2.64 bits per heavy atom. The molecule has 0 spiro atoms. The molecular formula is C7H13BrO3. The molecule has 0 radical (unpaired) electrons. The minimum Gasteiger partial charge on any atom is -0.394 e. The number of aliphatic hydroxyl groups is 2. The van der Waals surface area contributed by atoms with E-state index in [-0.39, 0.29) is 6.61 Å². The van der Waals surface area contributed by atoms with Crippen molar-refractivity contribution >= 4 is 15.9 Å². The van der Waals surface area contributed by atoms with Crippen LogP contribution in [0.5, 0.6) is 0 Å². The Hall–Kier alpha value is 0.1000. The smallest absolute Gasteiger partial charge is 0.107 e. The van der Waals surface area contributed by atoms with Crippen molar-refractivity contribution in [3.05, 3.63) is 11.1 Å². The molecular weight excluding hydrogens is 212 g/mol. The summed E-state index contributed by atoms with van der Waals surface area (Å²) in [4.78, 5) is 1.60. The second-order valence-electron chi connectivity index (χ2n) is 1.99. The molecule has 0 aromatic heterocycles. The summed E-state index contributed by atoms with van der Waals surface area (Å²) in [6.45, 7) is 2.06. The van der Waals surface area contributed by atoms with Crippen molar-refractivity contribution < 1.29 is 14.9 Å². The Labute approximate surface area is 74.8 Å². The van der Waals surface area contributed by atoms with Crippen molar-refractivity contribution in [2.24, 2.45) is 0 Å². The van der Waals surface area contributed by atoms with E-state index in [0.717, 1.165) is 0 Å². The molecule has 0 saturated carbocycles. The molecule has 0 fully saturated rings. The van der Waals surface area contributed by atoms with Gasteiger partial charge in [0.2, 0.25) is 0 Å². The van der Waals surface area contributed by atoms with Gasteiger partial charge >= 0.3 is 0 Å². The van der Waals surface area contributed by atoms with Crippen molar-refractivity contribution in [3.63, 3.8) is 0 Å². The minimum absolute atomic E-state index is 0.290. The third-order valence-corrected chi connectivity index (χ3v) is 1.49. The Morgan fingerprint density at radius 1 is 1.64 bits per heavy atom. The lowest BCUT2D eigenvalue weighted by atomic mass is 10.2. The van der Waals surface area contributed by atoms with Gasteiger partial charge in [0.15, 0.2) is 0 Å². The van der Waals surface area contributed by atoms with E-state index in [1.807, 2.05) is 6.92 Å². The number of hydrogen-bond donors (Lipinski definition) is 2. The van der Waals surface area contributed by atoms with Crippen molar-refractivity contribution in [2.75, 3.05) is 13.2 Å². The molecule has 0 amide bonds. The maximum absolute atomic E-state index is 9.13. The summed E-state index contributed by atoms with van der Waals surface area (Å²) < 4.78 is 5.11. The van der Waals surface area contributed by atoms with Gasteiger partial charge in [-0.2, -0.15) is 0 Å². The summed E-state index contributed by atoms with van der Waals surface area (Å²) in [6.07, 6.45) is 0.373. The summed E-state index contributed by atoms with van der Waals surface area (Å²) >= 11 is 3.06. The van der Waals surface area contributed by atoms with Crippen LogP contribution in [0.3, 0.4) is 0 Å². The normalized spacial score (nSPS) is 17.1. The van der Waals surface area contributed by atoms with Crippen LogP contribution in [-0.2, 0) is 4.74 Å². The number of aliphatic hydroxyl groups excluding tert-OH is 2. The molecule has 0 heterocycles. The fraction of sp³-hybridized carbons (Fsp3) is 0.714. The van der Waals surface area contributed by atoms with Gasteiger partial charge in [-0.05, 0) is 18.0 Å². The van der Waals surface area contributed by atoms with Crippen molar-refractivity contribution in [1.29, 1.82) is 0 Å². The molecule has 0 aliphatic carbocycles. The molecule has 0 aromatic rings. The number of rotatable bonds is 5. The molecule has 2 atom stereocenters. The van der Waals surface area contributed by atoms with Crippen LogP contribution in [0.2, 0.25) is 0 Å². The zero-order chi connectivity index (χ0) is 8.69. The first-order chi connectivity index (χ1) is 5.26. The summed E-state index contributed by atoms with van der Waals surface area (Å²) in [5.74, 6) is 0. The molecule has 0 rings (SSSR count). The van der Waals surface area contributed by atoms with E-state index in [2.05, 4.69) is 15.9 Å². The molecule has 3 nitrogen and oxygen atoms in total. The van der Waals surface area contributed by atoms with Gasteiger partial charge in [-0.3, -0.25) is 0 Å². The fourth-order valence-electron chi connectivity index (χ4n) is 0.663. The molecule has 0 bridgehead atoms. The molecule has 2 N–H and O–H groups in total. The van der Waals surface area contributed by atoms with Gasteiger partial charge < -0.3 is 14.9 Å². The van der Waals surface area contributed by atoms with Crippen molar-refractivity contribution in [2.45, 2.75) is 19.1 Å².